The Balaban J connectivity index is 1.99. The number of hydrazine groups is 1. The van der Waals surface area contributed by atoms with Gasteiger partial charge in [-0.15, -0.1) is 0 Å². The number of Topliss-reactive ketones (excluding diaryl/α,β-unsaturated/α-hetero) is 1. The molecule has 4 rings (SSSR count). The third-order valence-electron chi connectivity index (χ3n) is 6.37. The highest BCUT2D eigenvalue weighted by Crippen LogP contribution is 2.56. The molecule has 1 aliphatic carbocycles. The zero-order valence-electron chi connectivity index (χ0n) is 20.2. The number of hydrogen-bond acceptors (Lipinski definition) is 7. The maximum absolute atomic E-state index is 14.3. The van der Waals surface area contributed by atoms with Crippen molar-refractivity contribution in [1.29, 1.82) is 5.26 Å². The van der Waals surface area contributed by atoms with E-state index in [4.69, 9.17) is 5.73 Å². The van der Waals surface area contributed by atoms with Crippen LogP contribution in [0.2, 0.25) is 0 Å². The van der Waals surface area contributed by atoms with Gasteiger partial charge in [0.05, 0.1) is 5.57 Å². The monoisotopic (exact) mass is 462 g/mol. The molecule has 1 aromatic rings. The Hall–Kier alpha value is -3.64. The molecule has 1 atom stereocenters. The van der Waals surface area contributed by atoms with Gasteiger partial charge in [0, 0.05) is 48.6 Å². The zero-order valence-corrected chi connectivity index (χ0v) is 20.2. The van der Waals surface area contributed by atoms with Crippen molar-refractivity contribution in [2.24, 2.45) is 5.73 Å². The fourth-order valence-electron chi connectivity index (χ4n) is 5.33. The van der Waals surface area contributed by atoms with E-state index in [2.05, 4.69) is 11.4 Å². The van der Waals surface area contributed by atoms with Crippen LogP contribution in [0.1, 0.15) is 45.6 Å². The molecule has 2 amide bonds. The summed E-state index contributed by atoms with van der Waals surface area (Å²) in [5.74, 6) is -0.904. The van der Waals surface area contributed by atoms with Gasteiger partial charge in [-0.25, -0.2) is 5.01 Å². The van der Waals surface area contributed by atoms with E-state index >= 15 is 0 Å². The van der Waals surface area contributed by atoms with Gasteiger partial charge in [0.2, 0.25) is 11.8 Å². The zero-order chi connectivity index (χ0) is 25.0. The topological polar surface area (TPSA) is 123 Å². The van der Waals surface area contributed by atoms with Gasteiger partial charge in [-0.2, -0.15) is 5.26 Å². The van der Waals surface area contributed by atoms with Crippen molar-refractivity contribution < 1.29 is 14.4 Å². The molecule has 9 nitrogen and oxygen atoms in total. The van der Waals surface area contributed by atoms with Crippen molar-refractivity contribution in [1.82, 2.24) is 15.3 Å². The molecule has 0 aromatic heterocycles. The number of carbonyl (C=O) groups excluding carboxylic acids is 3. The van der Waals surface area contributed by atoms with Crippen LogP contribution in [-0.2, 0) is 19.8 Å². The lowest BCUT2D eigenvalue weighted by Crippen LogP contribution is -2.55. The Morgan fingerprint density at radius 3 is 2.53 bits per heavy atom. The highest BCUT2D eigenvalue weighted by molar-refractivity contribution is 6.21. The summed E-state index contributed by atoms with van der Waals surface area (Å²) in [6.07, 6.45) is 1.45. The van der Waals surface area contributed by atoms with Crippen LogP contribution in [0.3, 0.4) is 0 Å². The number of carbonyl (C=O) groups is 3. The van der Waals surface area contributed by atoms with Gasteiger partial charge in [0.15, 0.2) is 5.78 Å². The van der Waals surface area contributed by atoms with Gasteiger partial charge in [-0.3, -0.25) is 19.4 Å². The number of rotatable bonds is 3. The second-order valence-electron chi connectivity index (χ2n) is 10.1. The van der Waals surface area contributed by atoms with E-state index in [-0.39, 0.29) is 41.6 Å². The summed E-state index contributed by atoms with van der Waals surface area (Å²) < 4.78 is 0. The van der Waals surface area contributed by atoms with Gasteiger partial charge in [-0.1, -0.05) is 18.2 Å². The van der Waals surface area contributed by atoms with Gasteiger partial charge < -0.3 is 16.0 Å². The number of nitrogens with one attached hydrogen (secondary N) is 1. The first-order chi connectivity index (χ1) is 15.9. The lowest BCUT2D eigenvalue weighted by molar-refractivity contribution is -0.127. The molecule has 1 spiro atoms. The molecule has 9 heteroatoms. The van der Waals surface area contributed by atoms with Gasteiger partial charge >= 0.3 is 0 Å². The summed E-state index contributed by atoms with van der Waals surface area (Å²) in [6.45, 7) is 5.34. The highest BCUT2D eigenvalue weighted by Gasteiger charge is 2.62. The summed E-state index contributed by atoms with van der Waals surface area (Å²) in [5, 5.41) is 16.6. The van der Waals surface area contributed by atoms with Gasteiger partial charge in [0.25, 0.3) is 0 Å². The molecule has 0 radical (unpaired) electrons. The number of para-hydroxylation sites is 1. The largest absolute Gasteiger partial charge is 0.383 e. The fourth-order valence-corrected chi connectivity index (χ4v) is 5.33. The van der Waals surface area contributed by atoms with Crippen molar-refractivity contribution in [3.8, 4) is 6.07 Å². The molecular formula is C25H30N6O3. The molecule has 0 saturated carbocycles. The number of benzene rings is 1. The number of fused-ring (bicyclic) bond motifs is 3. The number of ketones is 1. The second-order valence-corrected chi connectivity index (χ2v) is 10.1. The lowest BCUT2D eigenvalue weighted by Gasteiger charge is -2.45. The molecule has 2 heterocycles. The fraction of sp³-hybridized carbons (Fsp3) is 0.440. The number of anilines is 1. The van der Waals surface area contributed by atoms with Gasteiger partial charge in [0.1, 0.15) is 23.8 Å². The number of amides is 2. The van der Waals surface area contributed by atoms with Crippen LogP contribution in [0.4, 0.5) is 5.69 Å². The molecule has 3 aliphatic rings. The normalized spacial score (nSPS) is 22.4. The standard InChI is InChI=1S/C25H30N6O3/c1-24(2,3)28-20(33)14-30-17-10-7-6-9-15(17)25(23(30)34)16(13-26)22(27)31(29(4)5)18-11-8-12-19(32)21(18)25/h6-7,9-10H,8,11-12,14,27H2,1-5H3,(H,28,33). The molecule has 178 valence electrons. The van der Waals surface area contributed by atoms with Crippen molar-refractivity contribution in [3.05, 3.63) is 52.5 Å². The minimum atomic E-state index is -1.67. The molecule has 0 fully saturated rings. The Kier molecular flexibility index (Phi) is 5.53. The molecular weight excluding hydrogens is 432 g/mol. The molecule has 1 unspecified atom stereocenters. The van der Waals surface area contributed by atoms with Crippen LogP contribution < -0.4 is 16.0 Å². The summed E-state index contributed by atoms with van der Waals surface area (Å²) in [5.41, 5.74) is 6.31. The van der Waals surface area contributed by atoms with E-state index in [1.807, 2.05) is 20.8 Å². The third kappa shape index (κ3) is 3.29. The quantitative estimate of drug-likeness (QED) is 0.701. The first-order valence-corrected chi connectivity index (χ1v) is 11.3. The second kappa shape index (κ2) is 7.99. The molecule has 0 bridgehead atoms. The Morgan fingerprint density at radius 1 is 1.24 bits per heavy atom. The van der Waals surface area contributed by atoms with Crippen molar-refractivity contribution >= 4 is 23.3 Å². The van der Waals surface area contributed by atoms with Crippen molar-refractivity contribution in [2.75, 3.05) is 25.5 Å². The average Bonchev–Trinajstić information content (AvgIpc) is 2.96. The molecule has 1 aromatic carbocycles. The minimum absolute atomic E-state index is 0.00591. The predicted molar refractivity (Wildman–Crippen MR) is 127 cm³/mol. The Labute approximate surface area is 199 Å². The summed E-state index contributed by atoms with van der Waals surface area (Å²) in [6, 6.07) is 9.18. The van der Waals surface area contributed by atoms with Crippen molar-refractivity contribution in [3.63, 3.8) is 0 Å². The molecule has 2 aliphatic heterocycles. The predicted octanol–water partition coefficient (Wildman–Crippen LogP) is 1.68. The third-order valence-corrected chi connectivity index (χ3v) is 6.37. The number of nitrogens with zero attached hydrogens (tertiary/aromatic N) is 4. The smallest absolute Gasteiger partial charge is 0.248 e. The summed E-state index contributed by atoms with van der Waals surface area (Å²) in [7, 11) is 3.55. The van der Waals surface area contributed by atoms with E-state index in [9.17, 15) is 19.6 Å². The van der Waals surface area contributed by atoms with E-state index in [1.54, 1.807) is 48.4 Å². The maximum atomic E-state index is 14.3. The van der Waals surface area contributed by atoms with E-state index in [1.165, 1.54) is 4.90 Å². The van der Waals surface area contributed by atoms with Crippen LogP contribution in [-0.4, -0.2) is 53.8 Å². The summed E-state index contributed by atoms with van der Waals surface area (Å²) >= 11 is 0. The SMILES string of the molecule is CN(C)N1C(N)=C(C#N)C2(C(=O)N(CC(=O)NC(C)(C)C)c3ccccc32)C2=C1CCCC2=O. The molecule has 34 heavy (non-hydrogen) atoms. The number of hydrogen-bond donors (Lipinski definition) is 2. The van der Waals surface area contributed by atoms with Crippen LogP contribution in [0.5, 0.6) is 0 Å². The van der Waals surface area contributed by atoms with E-state index < -0.39 is 16.9 Å². The number of nitrogens with two attached hydrogens (primary N) is 1. The average molecular weight is 463 g/mol. The van der Waals surface area contributed by atoms with Crippen molar-refractivity contribution in [2.45, 2.75) is 51.0 Å². The van der Waals surface area contributed by atoms with E-state index in [0.717, 1.165) is 0 Å². The summed E-state index contributed by atoms with van der Waals surface area (Å²) in [4.78, 5) is 42.0. The van der Waals surface area contributed by atoms with E-state index in [0.29, 0.717) is 29.8 Å². The highest BCUT2D eigenvalue weighted by atomic mass is 16.2. The van der Waals surface area contributed by atoms with Crippen LogP contribution in [0.15, 0.2) is 46.9 Å². The van der Waals surface area contributed by atoms with Gasteiger partial charge in [-0.05, 0) is 39.7 Å². The van der Waals surface area contributed by atoms with Crippen LogP contribution >= 0.6 is 0 Å². The Morgan fingerprint density at radius 2 is 1.91 bits per heavy atom. The molecule has 0 saturated heterocycles. The maximum Gasteiger partial charge on any atom is 0.248 e. The van der Waals surface area contributed by atoms with Crippen LogP contribution in [0.25, 0.3) is 0 Å². The number of nitriles is 1. The van der Waals surface area contributed by atoms with Crippen LogP contribution in [0, 0.1) is 11.3 Å². The molecule has 3 N–H and O–H groups in total. The number of allylic oxidation sites excluding steroid dienone is 1. The lowest BCUT2D eigenvalue weighted by atomic mass is 9.64. The first kappa shape index (κ1) is 23.5. The Bertz CT molecular complexity index is 1200. The first-order valence-electron chi connectivity index (χ1n) is 11.3. The minimum Gasteiger partial charge on any atom is -0.383 e.